The molecule has 0 bridgehead atoms. The Bertz CT molecular complexity index is 466. The summed E-state index contributed by atoms with van der Waals surface area (Å²) in [6.45, 7) is 0.742. The zero-order chi connectivity index (χ0) is 14.3. The second kappa shape index (κ2) is 7.32. The lowest BCUT2D eigenvalue weighted by atomic mass is 10.1. The van der Waals surface area contributed by atoms with Crippen molar-refractivity contribution >= 4 is 17.6 Å². The van der Waals surface area contributed by atoms with Crippen molar-refractivity contribution < 1.29 is 18.7 Å². The molecule has 0 fully saturated rings. The molecule has 0 aromatic heterocycles. The highest BCUT2D eigenvalue weighted by Crippen LogP contribution is 2.14. The predicted octanol–water partition coefficient (Wildman–Crippen LogP) is 0.953. The van der Waals surface area contributed by atoms with E-state index < -0.39 is 17.8 Å². The van der Waals surface area contributed by atoms with Crippen LogP contribution in [-0.4, -0.2) is 39.2 Å². The summed E-state index contributed by atoms with van der Waals surface area (Å²) in [7, 11) is 2.93. The molecule has 0 saturated carbocycles. The first-order chi connectivity index (χ1) is 9.08. The van der Waals surface area contributed by atoms with Gasteiger partial charge in [-0.3, -0.25) is 4.79 Å². The van der Waals surface area contributed by atoms with E-state index in [1.54, 1.807) is 0 Å². The number of rotatable bonds is 5. The van der Waals surface area contributed by atoms with Crippen LogP contribution in [0.3, 0.4) is 0 Å². The molecule has 0 spiro atoms. The van der Waals surface area contributed by atoms with Gasteiger partial charge in [0, 0.05) is 26.4 Å². The van der Waals surface area contributed by atoms with E-state index in [1.165, 1.54) is 26.3 Å². The van der Waals surface area contributed by atoms with E-state index in [1.807, 2.05) is 0 Å². The SMILES string of the molecule is CNC(=O)c1cc(NC(=O)NCCOC)ccc1F. The lowest BCUT2D eigenvalue weighted by molar-refractivity contribution is 0.0959. The van der Waals surface area contributed by atoms with Gasteiger partial charge in [-0.05, 0) is 18.2 Å². The molecule has 7 heteroatoms. The van der Waals surface area contributed by atoms with Gasteiger partial charge >= 0.3 is 6.03 Å². The summed E-state index contributed by atoms with van der Waals surface area (Å²) < 4.78 is 18.2. The van der Waals surface area contributed by atoms with Crippen LogP contribution in [-0.2, 0) is 4.74 Å². The van der Waals surface area contributed by atoms with Crippen molar-refractivity contribution in [2.75, 3.05) is 32.6 Å². The number of methoxy groups -OCH3 is 1. The molecule has 3 N–H and O–H groups in total. The number of nitrogens with one attached hydrogen (secondary N) is 3. The summed E-state index contributed by atoms with van der Waals surface area (Å²) in [5.74, 6) is -1.20. The highest BCUT2D eigenvalue weighted by Gasteiger charge is 2.11. The normalized spacial score (nSPS) is 9.84. The number of ether oxygens (including phenoxy) is 1. The van der Waals surface area contributed by atoms with Crippen molar-refractivity contribution in [1.29, 1.82) is 0 Å². The topological polar surface area (TPSA) is 79.5 Å². The molecule has 0 aliphatic heterocycles. The van der Waals surface area contributed by atoms with Crippen molar-refractivity contribution in [3.05, 3.63) is 29.6 Å². The van der Waals surface area contributed by atoms with E-state index in [4.69, 9.17) is 4.74 Å². The molecule has 1 aromatic carbocycles. The maximum absolute atomic E-state index is 13.4. The molecule has 0 saturated heterocycles. The molecule has 0 heterocycles. The average Bonchev–Trinajstić information content (AvgIpc) is 2.40. The summed E-state index contributed by atoms with van der Waals surface area (Å²) >= 11 is 0. The van der Waals surface area contributed by atoms with Gasteiger partial charge in [0.25, 0.3) is 5.91 Å². The van der Waals surface area contributed by atoms with Crippen molar-refractivity contribution in [3.8, 4) is 0 Å². The Balaban J connectivity index is 2.69. The van der Waals surface area contributed by atoms with Crippen molar-refractivity contribution in [3.63, 3.8) is 0 Å². The smallest absolute Gasteiger partial charge is 0.319 e. The number of halogens is 1. The number of amides is 3. The Morgan fingerprint density at radius 1 is 1.37 bits per heavy atom. The molecule has 0 atom stereocenters. The van der Waals surface area contributed by atoms with Crippen LogP contribution in [0.2, 0.25) is 0 Å². The van der Waals surface area contributed by atoms with Crippen LogP contribution >= 0.6 is 0 Å². The van der Waals surface area contributed by atoms with Crippen molar-refractivity contribution in [1.82, 2.24) is 10.6 Å². The van der Waals surface area contributed by atoms with Crippen LogP contribution in [0.25, 0.3) is 0 Å². The number of hydrogen-bond donors (Lipinski definition) is 3. The summed E-state index contributed by atoms with van der Waals surface area (Å²) in [5, 5.41) is 7.36. The minimum atomic E-state index is -0.648. The molecule has 3 amide bonds. The van der Waals surface area contributed by atoms with Crippen LogP contribution in [0, 0.1) is 5.82 Å². The first-order valence-electron chi connectivity index (χ1n) is 5.64. The monoisotopic (exact) mass is 269 g/mol. The molecule has 0 unspecified atom stereocenters. The minimum Gasteiger partial charge on any atom is -0.383 e. The van der Waals surface area contributed by atoms with Crippen LogP contribution in [0.5, 0.6) is 0 Å². The number of anilines is 1. The summed E-state index contributed by atoms with van der Waals surface area (Å²) in [6, 6.07) is 3.31. The zero-order valence-electron chi connectivity index (χ0n) is 10.7. The maximum atomic E-state index is 13.4. The van der Waals surface area contributed by atoms with E-state index in [0.717, 1.165) is 6.07 Å². The maximum Gasteiger partial charge on any atom is 0.319 e. The van der Waals surface area contributed by atoms with Gasteiger partial charge in [-0.1, -0.05) is 0 Å². The average molecular weight is 269 g/mol. The van der Waals surface area contributed by atoms with E-state index in [2.05, 4.69) is 16.0 Å². The third-order valence-corrected chi connectivity index (χ3v) is 2.29. The Kier molecular flexibility index (Phi) is 5.74. The molecule has 6 nitrogen and oxygen atoms in total. The largest absolute Gasteiger partial charge is 0.383 e. The van der Waals surface area contributed by atoms with Crippen molar-refractivity contribution in [2.24, 2.45) is 0 Å². The molecule has 0 radical (unpaired) electrons. The Morgan fingerprint density at radius 3 is 2.74 bits per heavy atom. The van der Waals surface area contributed by atoms with E-state index >= 15 is 0 Å². The van der Waals surface area contributed by atoms with Gasteiger partial charge in [0.1, 0.15) is 5.82 Å². The van der Waals surface area contributed by atoms with Crippen LogP contribution in [0.15, 0.2) is 18.2 Å². The molecular formula is C12H16FN3O3. The Morgan fingerprint density at radius 2 is 2.11 bits per heavy atom. The second-order valence-electron chi connectivity index (χ2n) is 3.65. The predicted molar refractivity (Wildman–Crippen MR) is 68.7 cm³/mol. The van der Waals surface area contributed by atoms with Gasteiger partial charge < -0.3 is 20.7 Å². The third-order valence-electron chi connectivity index (χ3n) is 2.29. The fraction of sp³-hybridized carbons (Fsp3) is 0.333. The molecule has 0 aliphatic rings. The summed E-state index contributed by atoms with van der Waals surface area (Å²) in [4.78, 5) is 22.8. The lowest BCUT2D eigenvalue weighted by Gasteiger charge is -2.09. The fourth-order valence-corrected chi connectivity index (χ4v) is 1.35. The first kappa shape index (κ1) is 14.9. The number of urea groups is 1. The van der Waals surface area contributed by atoms with Crippen molar-refractivity contribution in [2.45, 2.75) is 0 Å². The number of benzene rings is 1. The van der Waals surface area contributed by atoms with Gasteiger partial charge in [-0.25, -0.2) is 9.18 Å². The van der Waals surface area contributed by atoms with Gasteiger partial charge in [0.15, 0.2) is 0 Å². The van der Waals surface area contributed by atoms with Crippen LogP contribution < -0.4 is 16.0 Å². The Hall–Kier alpha value is -2.15. The fourth-order valence-electron chi connectivity index (χ4n) is 1.35. The Labute approximate surface area is 110 Å². The molecule has 1 rings (SSSR count). The third kappa shape index (κ3) is 4.55. The standard InChI is InChI=1S/C12H16FN3O3/c1-14-11(17)9-7-8(3-4-10(9)13)16-12(18)15-5-6-19-2/h3-4,7H,5-6H2,1-2H3,(H,14,17)(H2,15,16,18). The summed E-state index contributed by atoms with van der Waals surface area (Å²) in [5.41, 5.74) is 0.201. The molecule has 19 heavy (non-hydrogen) atoms. The zero-order valence-corrected chi connectivity index (χ0v) is 10.7. The quantitative estimate of drug-likeness (QED) is 0.696. The lowest BCUT2D eigenvalue weighted by Crippen LogP contribution is -2.31. The molecule has 0 aliphatic carbocycles. The second-order valence-corrected chi connectivity index (χ2v) is 3.65. The molecular weight excluding hydrogens is 253 g/mol. The van der Waals surface area contributed by atoms with E-state index in [0.29, 0.717) is 18.8 Å². The van der Waals surface area contributed by atoms with Gasteiger partial charge in [-0.15, -0.1) is 0 Å². The van der Waals surface area contributed by atoms with E-state index in [9.17, 15) is 14.0 Å². The van der Waals surface area contributed by atoms with Gasteiger partial charge in [-0.2, -0.15) is 0 Å². The first-order valence-corrected chi connectivity index (χ1v) is 5.64. The highest BCUT2D eigenvalue weighted by molar-refractivity contribution is 5.96. The molecule has 1 aromatic rings. The highest BCUT2D eigenvalue weighted by atomic mass is 19.1. The summed E-state index contributed by atoms with van der Waals surface area (Å²) in [6.07, 6.45) is 0. The number of carbonyl (C=O) groups is 2. The molecule has 104 valence electrons. The number of hydrogen-bond acceptors (Lipinski definition) is 3. The van der Waals surface area contributed by atoms with Gasteiger partial charge in [0.05, 0.1) is 12.2 Å². The minimum absolute atomic E-state index is 0.128. The van der Waals surface area contributed by atoms with E-state index in [-0.39, 0.29) is 5.56 Å². The number of carbonyl (C=O) groups excluding carboxylic acids is 2. The van der Waals surface area contributed by atoms with Crippen LogP contribution in [0.1, 0.15) is 10.4 Å². The van der Waals surface area contributed by atoms with Crippen LogP contribution in [0.4, 0.5) is 14.9 Å². The van der Waals surface area contributed by atoms with Gasteiger partial charge in [0.2, 0.25) is 0 Å².